The molecular formula is C19H23NO2S. The fourth-order valence-electron chi connectivity index (χ4n) is 2.08. The van der Waals surface area contributed by atoms with Crippen LogP contribution in [0.25, 0.3) is 0 Å². The number of ether oxygens (including phenoxy) is 1. The Balaban J connectivity index is 1.82. The van der Waals surface area contributed by atoms with Crippen molar-refractivity contribution >= 4 is 17.7 Å². The summed E-state index contributed by atoms with van der Waals surface area (Å²) in [6, 6.07) is 16.0. The molecule has 0 aliphatic heterocycles. The van der Waals surface area contributed by atoms with E-state index in [1.165, 1.54) is 5.56 Å². The van der Waals surface area contributed by atoms with Gasteiger partial charge in [0, 0.05) is 11.4 Å². The Bertz CT molecular complexity index is 623. The largest absolute Gasteiger partial charge is 0.494 e. The van der Waals surface area contributed by atoms with Crippen LogP contribution in [0.15, 0.2) is 53.4 Å². The first-order valence-electron chi connectivity index (χ1n) is 7.81. The molecule has 2 aromatic carbocycles. The number of hydrogen-bond donors (Lipinski definition) is 1. The van der Waals surface area contributed by atoms with E-state index >= 15 is 0 Å². The summed E-state index contributed by atoms with van der Waals surface area (Å²) in [6.07, 6.45) is 0. The van der Waals surface area contributed by atoms with Crippen LogP contribution in [0.2, 0.25) is 0 Å². The minimum atomic E-state index is -0.125. The number of thioether (sulfide) groups is 1. The second-order valence-corrected chi connectivity index (χ2v) is 6.78. The molecule has 1 amide bonds. The molecule has 0 spiro atoms. The predicted octanol–water partition coefficient (Wildman–Crippen LogP) is 4.19. The summed E-state index contributed by atoms with van der Waals surface area (Å²) in [5.41, 5.74) is 2.29. The zero-order valence-corrected chi connectivity index (χ0v) is 14.7. The van der Waals surface area contributed by atoms with E-state index in [-0.39, 0.29) is 11.2 Å². The van der Waals surface area contributed by atoms with Gasteiger partial charge >= 0.3 is 0 Å². The average Bonchev–Trinajstić information content (AvgIpc) is 2.56. The van der Waals surface area contributed by atoms with Gasteiger partial charge in [0.15, 0.2) is 0 Å². The van der Waals surface area contributed by atoms with Crippen molar-refractivity contribution in [3.05, 3.63) is 59.7 Å². The van der Waals surface area contributed by atoms with Crippen LogP contribution >= 0.6 is 11.8 Å². The Morgan fingerprint density at radius 1 is 1.13 bits per heavy atom. The van der Waals surface area contributed by atoms with Gasteiger partial charge in [-0.1, -0.05) is 29.8 Å². The van der Waals surface area contributed by atoms with E-state index < -0.39 is 0 Å². The molecule has 0 bridgehead atoms. The van der Waals surface area contributed by atoms with Gasteiger partial charge in [-0.15, -0.1) is 11.8 Å². The predicted molar refractivity (Wildman–Crippen MR) is 96.0 cm³/mol. The van der Waals surface area contributed by atoms with Gasteiger partial charge in [-0.25, -0.2) is 0 Å². The molecule has 0 saturated heterocycles. The van der Waals surface area contributed by atoms with Crippen molar-refractivity contribution in [3.8, 4) is 5.75 Å². The highest BCUT2D eigenvalue weighted by atomic mass is 32.2. The Hall–Kier alpha value is -1.94. The van der Waals surface area contributed by atoms with Crippen LogP contribution in [0.4, 0.5) is 0 Å². The first kappa shape index (κ1) is 17.4. The molecule has 1 N–H and O–H groups in total. The highest BCUT2D eigenvalue weighted by Gasteiger charge is 2.13. The topological polar surface area (TPSA) is 38.3 Å². The Morgan fingerprint density at radius 2 is 1.78 bits per heavy atom. The van der Waals surface area contributed by atoms with Gasteiger partial charge in [-0.2, -0.15) is 0 Å². The Kier molecular flexibility index (Phi) is 6.53. The van der Waals surface area contributed by atoms with E-state index in [0.717, 1.165) is 16.2 Å². The molecule has 2 rings (SSSR count). The van der Waals surface area contributed by atoms with E-state index in [9.17, 15) is 4.79 Å². The molecule has 23 heavy (non-hydrogen) atoms. The molecule has 3 nitrogen and oxygen atoms in total. The van der Waals surface area contributed by atoms with Crippen molar-refractivity contribution < 1.29 is 9.53 Å². The minimum Gasteiger partial charge on any atom is -0.494 e. The summed E-state index contributed by atoms with van der Waals surface area (Å²) in [5, 5.41) is 2.86. The van der Waals surface area contributed by atoms with Gasteiger partial charge in [0.2, 0.25) is 5.91 Å². The van der Waals surface area contributed by atoms with Crippen LogP contribution in [0.3, 0.4) is 0 Å². The number of aryl methyl sites for hydroxylation is 1. The Morgan fingerprint density at radius 3 is 2.39 bits per heavy atom. The number of amides is 1. The smallest absolute Gasteiger partial charge is 0.233 e. The second kappa shape index (κ2) is 8.63. The molecule has 0 aromatic heterocycles. The van der Waals surface area contributed by atoms with Gasteiger partial charge in [0.25, 0.3) is 0 Å². The lowest BCUT2D eigenvalue weighted by molar-refractivity contribution is -0.120. The van der Waals surface area contributed by atoms with Gasteiger partial charge in [-0.05, 0) is 50.6 Å². The monoisotopic (exact) mass is 329 g/mol. The van der Waals surface area contributed by atoms with Crippen molar-refractivity contribution in [2.75, 3.05) is 6.61 Å². The van der Waals surface area contributed by atoms with Crippen LogP contribution in [0, 0.1) is 6.92 Å². The highest BCUT2D eigenvalue weighted by molar-refractivity contribution is 8.00. The first-order chi connectivity index (χ1) is 11.1. The Labute approximate surface area is 142 Å². The lowest BCUT2D eigenvalue weighted by Crippen LogP contribution is -2.30. The number of hydrogen-bond acceptors (Lipinski definition) is 3. The molecule has 0 heterocycles. The average molecular weight is 329 g/mol. The van der Waals surface area contributed by atoms with E-state index in [2.05, 4.69) is 36.5 Å². The van der Waals surface area contributed by atoms with Crippen LogP contribution in [0.5, 0.6) is 5.75 Å². The van der Waals surface area contributed by atoms with E-state index in [1.807, 2.05) is 38.1 Å². The zero-order chi connectivity index (χ0) is 16.7. The summed E-state index contributed by atoms with van der Waals surface area (Å²) in [7, 11) is 0. The second-order valence-electron chi connectivity index (χ2n) is 5.37. The van der Waals surface area contributed by atoms with Crippen molar-refractivity contribution in [3.63, 3.8) is 0 Å². The van der Waals surface area contributed by atoms with Crippen molar-refractivity contribution in [2.24, 2.45) is 0 Å². The van der Waals surface area contributed by atoms with Gasteiger partial charge in [-0.3, -0.25) is 4.79 Å². The maximum Gasteiger partial charge on any atom is 0.233 e. The summed E-state index contributed by atoms with van der Waals surface area (Å²) in [5.74, 6) is 0.898. The zero-order valence-electron chi connectivity index (χ0n) is 13.8. The lowest BCUT2D eigenvalue weighted by Gasteiger charge is -2.12. The number of carbonyl (C=O) groups is 1. The maximum atomic E-state index is 12.2. The third-order valence-electron chi connectivity index (χ3n) is 3.40. The quantitative estimate of drug-likeness (QED) is 0.774. The number of nitrogens with one attached hydrogen (secondary N) is 1. The standard InChI is InChI=1S/C19H23NO2S/c1-4-22-17-9-7-16(8-10-17)13-20-19(21)15(3)23-18-11-5-14(2)6-12-18/h5-12,15H,4,13H2,1-3H3,(H,20,21). The fourth-order valence-corrected chi connectivity index (χ4v) is 2.97. The first-order valence-corrected chi connectivity index (χ1v) is 8.69. The molecule has 1 unspecified atom stereocenters. The molecule has 0 aliphatic carbocycles. The molecule has 0 aliphatic rings. The third kappa shape index (κ3) is 5.64. The summed E-state index contributed by atoms with van der Waals surface area (Å²) in [6.45, 7) is 7.13. The van der Waals surface area contributed by atoms with Crippen LogP contribution in [-0.4, -0.2) is 17.8 Å². The fraction of sp³-hybridized carbons (Fsp3) is 0.316. The number of benzene rings is 2. The summed E-state index contributed by atoms with van der Waals surface area (Å²) in [4.78, 5) is 13.3. The number of rotatable bonds is 7. The van der Waals surface area contributed by atoms with Crippen molar-refractivity contribution in [1.29, 1.82) is 0 Å². The molecular weight excluding hydrogens is 306 g/mol. The number of carbonyl (C=O) groups excluding carboxylic acids is 1. The normalized spacial score (nSPS) is 11.8. The van der Waals surface area contributed by atoms with Gasteiger partial charge in [0.05, 0.1) is 11.9 Å². The lowest BCUT2D eigenvalue weighted by atomic mass is 10.2. The molecule has 122 valence electrons. The van der Waals surface area contributed by atoms with Gasteiger partial charge in [0.1, 0.15) is 5.75 Å². The van der Waals surface area contributed by atoms with Crippen molar-refractivity contribution in [1.82, 2.24) is 5.32 Å². The summed E-state index contributed by atoms with van der Waals surface area (Å²) >= 11 is 1.57. The van der Waals surface area contributed by atoms with E-state index in [0.29, 0.717) is 13.2 Å². The molecule has 4 heteroatoms. The molecule has 0 fully saturated rings. The molecule has 1 atom stereocenters. The van der Waals surface area contributed by atoms with Crippen LogP contribution < -0.4 is 10.1 Å². The van der Waals surface area contributed by atoms with Gasteiger partial charge < -0.3 is 10.1 Å². The molecule has 0 saturated carbocycles. The summed E-state index contributed by atoms with van der Waals surface area (Å²) < 4.78 is 5.41. The molecule has 2 aromatic rings. The third-order valence-corrected chi connectivity index (χ3v) is 4.52. The minimum absolute atomic E-state index is 0.0458. The van der Waals surface area contributed by atoms with E-state index in [4.69, 9.17) is 4.74 Å². The maximum absolute atomic E-state index is 12.2. The highest BCUT2D eigenvalue weighted by Crippen LogP contribution is 2.23. The van der Waals surface area contributed by atoms with Crippen LogP contribution in [0.1, 0.15) is 25.0 Å². The SMILES string of the molecule is CCOc1ccc(CNC(=O)C(C)Sc2ccc(C)cc2)cc1. The van der Waals surface area contributed by atoms with Crippen molar-refractivity contribution in [2.45, 2.75) is 37.5 Å². The molecule has 0 radical (unpaired) electrons. The van der Waals surface area contributed by atoms with Crippen LogP contribution in [-0.2, 0) is 11.3 Å². The van der Waals surface area contributed by atoms with E-state index in [1.54, 1.807) is 11.8 Å².